The lowest BCUT2D eigenvalue weighted by atomic mass is 9.64. The zero-order valence-electron chi connectivity index (χ0n) is 19.0. The van der Waals surface area contributed by atoms with Crippen molar-refractivity contribution in [1.29, 1.82) is 0 Å². The number of hydrogen-bond acceptors (Lipinski definition) is 5. The molecule has 0 saturated heterocycles. The highest BCUT2D eigenvalue weighted by molar-refractivity contribution is 5.97. The summed E-state index contributed by atoms with van der Waals surface area (Å²) in [6.45, 7) is 7.86. The summed E-state index contributed by atoms with van der Waals surface area (Å²) in [6, 6.07) is 7.95. The maximum absolute atomic E-state index is 12.3. The molecule has 0 amide bonds. The molecule has 0 heterocycles. The van der Waals surface area contributed by atoms with E-state index in [1.165, 1.54) is 12.7 Å². The van der Waals surface area contributed by atoms with Crippen LogP contribution in [0.1, 0.15) is 82.1 Å². The predicted octanol–water partition coefficient (Wildman–Crippen LogP) is 5.11. The number of carbonyl (C=O) groups excluding carboxylic acids is 3. The third kappa shape index (κ3) is 6.16. The summed E-state index contributed by atoms with van der Waals surface area (Å²) in [5, 5.41) is 0. The minimum atomic E-state index is -0.178. The summed E-state index contributed by atoms with van der Waals surface area (Å²) in [5.74, 6) is -0.0433. The van der Waals surface area contributed by atoms with Crippen LogP contribution in [0.15, 0.2) is 24.3 Å². The molecule has 0 spiro atoms. The van der Waals surface area contributed by atoms with Gasteiger partial charge in [0.15, 0.2) is 5.78 Å². The summed E-state index contributed by atoms with van der Waals surface area (Å²) in [5.41, 5.74) is 1.80. The van der Waals surface area contributed by atoms with Crippen molar-refractivity contribution in [3.63, 3.8) is 0 Å². The Balaban J connectivity index is 2.16. The number of carbonyl (C=O) groups is 3. The number of methoxy groups -OCH3 is 1. The molecule has 30 heavy (non-hydrogen) atoms. The Morgan fingerprint density at radius 3 is 2.10 bits per heavy atom. The second kappa shape index (κ2) is 10.7. The van der Waals surface area contributed by atoms with E-state index in [2.05, 4.69) is 12.1 Å². The van der Waals surface area contributed by atoms with Crippen LogP contribution in [0.3, 0.4) is 0 Å². The monoisotopic (exact) mass is 416 g/mol. The lowest BCUT2D eigenvalue weighted by molar-refractivity contribution is -0.148. The molecule has 0 radical (unpaired) electrons. The lowest BCUT2D eigenvalue weighted by Gasteiger charge is -2.41. The van der Waals surface area contributed by atoms with Gasteiger partial charge in [-0.15, -0.1) is 0 Å². The summed E-state index contributed by atoms with van der Waals surface area (Å²) in [6.07, 6.45) is 4.90. The minimum Gasteiger partial charge on any atom is -0.469 e. The number of hydrogen-bond donors (Lipinski definition) is 0. The molecule has 5 nitrogen and oxygen atoms in total. The average Bonchev–Trinajstić information content (AvgIpc) is 2.74. The largest absolute Gasteiger partial charge is 0.469 e. The Hall–Kier alpha value is -2.17. The molecule has 0 aromatic heterocycles. The van der Waals surface area contributed by atoms with E-state index in [-0.39, 0.29) is 35.0 Å². The molecule has 1 fully saturated rings. The van der Waals surface area contributed by atoms with Crippen molar-refractivity contribution in [1.82, 2.24) is 0 Å². The molecule has 5 heteroatoms. The van der Waals surface area contributed by atoms with Crippen molar-refractivity contribution < 1.29 is 23.9 Å². The Morgan fingerprint density at radius 2 is 1.60 bits per heavy atom. The molecule has 0 N–H and O–H groups in total. The first-order valence-electron chi connectivity index (χ1n) is 11.1. The number of rotatable bonds is 9. The van der Waals surface area contributed by atoms with Crippen LogP contribution in [0, 0.1) is 17.8 Å². The van der Waals surface area contributed by atoms with Gasteiger partial charge in [-0.1, -0.05) is 52.0 Å². The van der Waals surface area contributed by atoms with E-state index >= 15 is 0 Å². The van der Waals surface area contributed by atoms with Crippen molar-refractivity contribution >= 4 is 17.7 Å². The van der Waals surface area contributed by atoms with Crippen molar-refractivity contribution in [2.45, 2.75) is 71.6 Å². The Bertz CT molecular complexity index is 724. The number of benzene rings is 1. The number of ether oxygens (including phenoxy) is 2. The van der Waals surface area contributed by atoms with Gasteiger partial charge in [0.05, 0.1) is 19.6 Å². The molecule has 0 bridgehead atoms. The molecule has 0 atom stereocenters. The van der Waals surface area contributed by atoms with Crippen LogP contribution in [0.25, 0.3) is 0 Å². The van der Waals surface area contributed by atoms with Gasteiger partial charge >= 0.3 is 11.9 Å². The standard InChI is InChI=1S/C25H36O5/c1-17(2)23(27)20-6-8-21(9-7-20)25(14-15-30-24(28)18(3)4)12-10-19(11-13-25)16-22(26)29-5/h6-9,17-19H,10-16H2,1-5H3. The van der Waals surface area contributed by atoms with E-state index in [0.29, 0.717) is 18.9 Å². The quantitative estimate of drug-likeness (QED) is 0.413. The Labute approximate surface area is 180 Å². The third-order valence-corrected chi connectivity index (χ3v) is 6.35. The van der Waals surface area contributed by atoms with Gasteiger partial charge in [-0.2, -0.15) is 0 Å². The first kappa shape index (κ1) is 24.1. The molecule has 1 aliphatic rings. The van der Waals surface area contributed by atoms with Gasteiger partial charge in [0.1, 0.15) is 0 Å². The molecule has 0 aliphatic heterocycles. The molecule has 0 unspecified atom stereocenters. The molecular formula is C25H36O5. The Morgan fingerprint density at radius 1 is 1.00 bits per heavy atom. The number of ketones is 1. The van der Waals surface area contributed by atoms with E-state index in [0.717, 1.165) is 37.7 Å². The molecule has 2 rings (SSSR count). The van der Waals surface area contributed by atoms with Crippen LogP contribution < -0.4 is 0 Å². The topological polar surface area (TPSA) is 69.7 Å². The van der Waals surface area contributed by atoms with Crippen molar-refractivity contribution in [2.24, 2.45) is 17.8 Å². The van der Waals surface area contributed by atoms with E-state index in [4.69, 9.17) is 9.47 Å². The van der Waals surface area contributed by atoms with Crippen LogP contribution in [0.5, 0.6) is 0 Å². The van der Waals surface area contributed by atoms with E-state index in [1.54, 1.807) is 0 Å². The van der Waals surface area contributed by atoms with Gasteiger partial charge in [-0.05, 0) is 49.0 Å². The summed E-state index contributed by atoms with van der Waals surface area (Å²) < 4.78 is 10.3. The van der Waals surface area contributed by atoms with Gasteiger partial charge in [-0.3, -0.25) is 14.4 Å². The molecule has 1 aliphatic carbocycles. The fourth-order valence-corrected chi connectivity index (χ4v) is 4.27. The highest BCUT2D eigenvalue weighted by Crippen LogP contribution is 2.45. The zero-order chi connectivity index (χ0) is 22.3. The van der Waals surface area contributed by atoms with Crippen molar-refractivity contribution in [3.8, 4) is 0 Å². The van der Waals surface area contributed by atoms with Crippen LogP contribution in [0.2, 0.25) is 0 Å². The van der Waals surface area contributed by atoms with Crippen molar-refractivity contribution in [2.75, 3.05) is 13.7 Å². The molecule has 166 valence electrons. The van der Waals surface area contributed by atoms with Gasteiger partial charge in [-0.25, -0.2) is 0 Å². The zero-order valence-corrected chi connectivity index (χ0v) is 19.0. The van der Waals surface area contributed by atoms with E-state index in [9.17, 15) is 14.4 Å². The normalized spacial score (nSPS) is 21.5. The maximum Gasteiger partial charge on any atom is 0.308 e. The average molecular weight is 417 g/mol. The van der Waals surface area contributed by atoms with Crippen LogP contribution >= 0.6 is 0 Å². The first-order valence-corrected chi connectivity index (χ1v) is 11.1. The number of Topliss-reactive ketones (excluding diaryl/α,β-unsaturated/α-hetero) is 1. The fraction of sp³-hybridized carbons (Fsp3) is 0.640. The Kier molecular flexibility index (Phi) is 8.63. The first-order chi connectivity index (χ1) is 14.2. The fourth-order valence-electron chi connectivity index (χ4n) is 4.27. The number of esters is 2. The molecule has 1 aromatic carbocycles. The lowest BCUT2D eigenvalue weighted by Crippen LogP contribution is -2.34. The van der Waals surface area contributed by atoms with Crippen LogP contribution in [-0.2, 0) is 24.5 Å². The van der Waals surface area contributed by atoms with Crippen molar-refractivity contribution in [3.05, 3.63) is 35.4 Å². The van der Waals surface area contributed by atoms with Gasteiger partial charge in [0, 0.05) is 17.9 Å². The summed E-state index contributed by atoms with van der Waals surface area (Å²) in [7, 11) is 1.43. The minimum absolute atomic E-state index is 0.0333. The van der Waals surface area contributed by atoms with Gasteiger partial charge in [0.2, 0.25) is 0 Å². The smallest absolute Gasteiger partial charge is 0.308 e. The van der Waals surface area contributed by atoms with E-state index in [1.807, 2.05) is 39.8 Å². The molecular weight excluding hydrogens is 380 g/mol. The maximum atomic E-state index is 12.3. The summed E-state index contributed by atoms with van der Waals surface area (Å²) in [4.78, 5) is 35.9. The van der Waals surface area contributed by atoms with Crippen LogP contribution in [0.4, 0.5) is 0 Å². The predicted molar refractivity (Wildman–Crippen MR) is 116 cm³/mol. The van der Waals surface area contributed by atoms with E-state index < -0.39 is 0 Å². The highest BCUT2D eigenvalue weighted by atomic mass is 16.5. The summed E-state index contributed by atoms with van der Waals surface area (Å²) >= 11 is 0. The highest BCUT2D eigenvalue weighted by Gasteiger charge is 2.37. The molecule has 1 aromatic rings. The third-order valence-electron chi connectivity index (χ3n) is 6.35. The van der Waals surface area contributed by atoms with Crippen LogP contribution in [-0.4, -0.2) is 31.4 Å². The molecule has 1 saturated carbocycles. The van der Waals surface area contributed by atoms with Gasteiger partial charge in [0.25, 0.3) is 0 Å². The van der Waals surface area contributed by atoms with Gasteiger partial charge < -0.3 is 9.47 Å². The SMILES string of the molecule is COC(=O)CC1CCC(CCOC(=O)C(C)C)(c2ccc(C(=O)C(C)C)cc2)CC1. The second-order valence-electron chi connectivity index (χ2n) is 9.17. The second-order valence-corrected chi connectivity index (χ2v) is 9.17.